The summed E-state index contributed by atoms with van der Waals surface area (Å²) in [6.45, 7) is 4.07. The van der Waals surface area contributed by atoms with Crippen molar-refractivity contribution in [3.63, 3.8) is 0 Å². The zero-order valence-corrected chi connectivity index (χ0v) is 9.88. The van der Waals surface area contributed by atoms with Crippen LogP contribution in [-0.4, -0.2) is 5.11 Å². The molecule has 0 bridgehead atoms. The fraction of sp³-hybridized carbons (Fsp3) is 0.143. The van der Waals surface area contributed by atoms with E-state index in [1.807, 2.05) is 26.0 Å². The van der Waals surface area contributed by atoms with E-state index >= 15 is 0 Å². The van der Waals surface area contributed by atoms with Gasteiger partial charge >= 0.3 is 0 Å². The van der Waals surface area contributed by atoms with E-state index in [1.165, 1.54) is 11.1 Å². The molecule has 0 radical (unpaired) electrons. The Morgan fingerprint density at radius 3 is 1.88 bits per heavy atom. The molecule has 17 heavy (non-hydrogen) atoms. The van der Waals surface area contributed by atoms with Gasteiger partial charge in [-0.2, -0.15) is 10.2 Å². The van der Waals surface area contributed by atoms with E-state index < -0.39 is 0 Å². The van der Waals surface area contributed by atoms with Crippen molar-refractivity contribution in [2.75, 3.05) is 0 Å². The first-order valence-electron chi connectivity index (χ1n) is 5.42. The summed E-state index contributed by atoms with van der Waals surface area (Å²) >= 11 is 0. The molecule has 0 unspecified atom stereocenters. The predicted octanol–water partition coefficient (Wildman–Crippen LogP) is 4.42. The van der Waals surface area contributed by atoms with Crippen LogP contribution in [0.25, 0.3) is 0 Å². The zero-order chi connectivity index (χ0) is 12.3. The smallest absolute Gasteiger partial charge is 0.115 e. The molecule has 3 nitrogen and oxygen atoms in total. The minimum absolute atomic E-state index is 0.232. The number of rotatable bonds is 2. The molecule has 0 aliphatic rings. The molecule has 0 heterocycles. The summed E-state index contributed by atoms with van der Waals surface area (Å²) in [6, 6.07) is 12.7. The van der Waals surface area contributed by atoms with E-state index in [-0.39, 0.29) is 5.75 Å². The molecule has 2 aromatic carbocycles. The highest BCUT2D eigenvalue weighted by Crippen LogP contribution is 2.22. The molecule has 0 aliphatic carbocycles. The van der Waals surface area contributed by atoms with Crippen LogP contribution in [0.5, 0.6) is 5.75 Å². The Bertz CT molecular complexity index is 524. The number of phenols is 1. The maximum Gasteiger partial charge on any atom is 0.115 e. The standard InChI is InChI=1S/C14H14N2O/c1-10-7-11(2)9-13(8-10)16-15-12-3-5-14(17)6-4-12/h3-9,17H,1-2H3/b16-15+. The Labute approximate surface area is 100 Å². The molecule has 0 amide bonds. The Hall–Kier alpha value is -2.16. The van der Waals surface area contributed by atoms with Crippen LogP contribution in [0.15, 0.2) is 52.7 Å². The summed E-state index contributed by atoms with van der Waals surface area (Å²) in [4.78, 5) is 0. The fourth-order valence-corrected chi connectivity index (χ4v) is 1.64. The largest absolute Gasteiger partial charge is 0.508 e. The molecule has 0 fully saturated rings. The van der Waals surface area contributed by atoms with Crippen LogP contribution < -0.4 is 0 Å². The highest BCUT2D eigenvalue weighted by molar-refractivity contribution is 5.45. The molecule has 2 aromatic rings. The zero-order valence-electron chi connectivity index (χ0n) is 9.88. The summed E-state index contributed by atoms with van der Waals surface area (Å²) in [6.07, 6.45) is 0. The number of benzene rings is 2. The van der Waals surface area contributed by atoms with Crippen molar-refractivity contribution in [3.05, 3.63) is 53.6 Å². The van der Waals surface area contributed by atoms with Gasteiger partial charge in [-0.1, -0.05) is 6.07 Å². The summed E-state index contributed by atoms with van der Waals surface area (Å²) in [5.74, 6) is 0.232. The first kappa shape index (κ1) is 11.3. The van der Waals surface area contributed by atoms with E-state index in [9.17, 15) is 0 Å². The van der Waals surface area contributed by atoms with Gasteiger partial charge in [-0.15, -0.1) is 0 Å². The molecular formula is C14H14N2O. The van der Waals surface area contributed by atoms with Gasteiger partial charge in [0.2, 0.25) is 0 Å². The molecule has 86 valence electrons. The van der Waals surface area contributed by atoms with Gasteiger partial charge in [-0.25, -0.2) is 0 Å². The van der Waals surface area contributed by atoms with Crippen LogP contribution in [0.3, 0.4) is 0 Å². The van der Waals surface area contributed by atoms with Crippen molar-refractivity contribution >= 4 is 11.4 Å². The van der Waals surface area contributed by atoms with Gasteiger partial charge in [0.15, 0.2) is 0 Å². The second-order valence-electron chi connectivity index (χ2n) is 4.06. The van der Waals surface area contributed by atoms with Gasteiger partial charge in [-0.05, 0) is 61.4 Å². The van der Waals surface area contributed by atoms with Gasteiger partial charge in [0.25, 0.3) is 0 Å². The van der Waals surface area contributed by atoms with E-state index in [0.29, 0.717) is 0 Å². The first-order valence-corrected chi connectivity index (χ1v) is 5.42. The molecular weight excluding hydrogens is 212 g/mol. The van der Waals surface area contributed by atoms with Gasteiger partial charge in [-0.3, -0.25) is 0 Å². The third-order valence-electron chi connectivity index (χ3n) is 2.34. The van der Waals surface area contributed by atoms with E-state index in [0.717, 1.165) is 11.4 Å². The first-order chi connectivity index (χ1) is 8.13. The molecule has 0 aromatic heterocycles. The summed E-state index contributed by atoms with van der Waals surface area (Å²) < 4.78 is 0. The Morgan fingerprint density at radius 2 is 1.29 bits per heavy atom. The third kappa shape index (κ3) is 3.14. The fourth-order valence-electron chi connectivity index (χ4n) is 1.64. The minimum atomic E-state index is 0.232. The van der Waals surface area contributed by atoms with Crippen molar-refractivity contribution in [2.24, 2.45) is 10.2 Å². The van der Waals surface area contributed by atoms with E-state index in [4.69, 9.17) is 5.11 Å². The van der Waals surface area contributed by atoms with Gasteiger partial charge in [0.1, 0.15) is 5.75 Å². The van der Waals surface area contributed by atoms with E-state index in [2.05, 4.69) is 16.3 Å². The average molecular weight is 226 g/mol. The van der Waals surface area contributed by atoms with Gasteiger partial charge in [0.05, 0.1) is 11.4 Å². The van der Waals surface area contributed by atoms with Gasteiger partial charge < -0.3 is 5.11 Å². The van der Waals surface area contributed by atoms with Crippen LogP contribution in [0.4, 0.5) is 11.4 Å². The normalized spacial score (nSPS) is 10.9. The number of aromatic hydroxyl groups is 1. The van der Waals surface area contributed by atoms with Crippen LogP contribution in [0, 0.1) is 13.8 Å². The minimum Gasteiger partial charge on any atom is -0.508 e. The maximum atomic E-state index is 9.14. The number of hydrogen-bond acceptors (Lipinski definition) is 3. The number of aryl methyl sites for hydroxylation is 2. The lowest BCUT2D eigenvalue weighted by molar-refractivity contribution is 0.475. The van der Waals surface area contributed by atoms with Crippen molar-refractivity contribution in [1.82, 2.24) is 0 Å². The van der Waals surface area contributed by atoms with Gasteiger partial charge in [0, 0.05) is 0 Å². The van der Waals surface area contributed by atoms with E-state index in [1.54, 1.807) is 24.3 Å². The molecule has 0 saturated heterocycles. The number of hydrogen-bond donors (Lipinski definition) is 1. The summed E-state index contributed by atoms with van der Waals surface area (Å²) in [7, 11) is 0. The Kier molecular flexibility index (Phi) is 3.19. The van der Waals surface area contributed by atoms with Crippen LogP contribution in [-0.2, 0) is 0 Å². The molecule has 0 spiro atoms. The number of phenolic OH excluding ortho intramolecular Hbond substituents is 1. The lowest BCUT2D eigenvalue weighted by atomic mass is 10.1. The Balaban J connectivity index is 2.22. The highest BCUT2D eigenvalue weighted by Gasteiger charge is 1.94. The van der Waals surface area contributed by atoms with Crippen LogP contribution in [0.1, 0.15) is 11.1 Å². The lowest BCUT2D eigenvalue weighted by Crippen LogP contribution is -1.75. The Morgan fingerprint density at radius 1 is 0.765 bits per heavy atom. The molecule has 1 N–H and O–H groups in total. The van der Waals surface area contributed by atoms with Crippen LogP contribution in [0.2, 0.25) is 0 Å². The second kappa shape index (κ2) is 4.78. The van der Waals surface area contributed by atoms with Crippen molar-refractivity contribution in [1.29, 1.82) is 0 Å². The molecule has 3 heteroatoms. The number of azo groups is 1. The van der Waals surface area contributed by atoms with Crippen molar-refractivity contribution in [2.45, 2.75) is 13.8 Å². The SMILES string of the molecule is Cc1cc(C)cc(/N=N/c2ccc(O)cc2)c1. The highest BCUT2D eigenvalue weighted by atomic mass is 16.3. The third-order valence-corrected chi connectivity index (χ3v) is 2.34. The van der Waals surface area contributed by atoms with Crippen molar-refractivity contribution in [3.8, 4) is 5.75 Å². The lowest BCUT2D eigenvalue weighted by Gasteiger charge is -1.98. The summed E-state index contributed by atoms with van der Waals surface area (Å²) in [5, 5.41) is 17.4. The average Bonchev–Trinajstić information content (AvgIpc) is 2.27. The number of nitrogens with zero attached hydrogens (tertiary/aromatic N) is 2. The molecule has 0 aliphatic heterocycles. The second-order valence-corrected chi connectivity index (χ2v) is 4.06. The quantitative estimate of drug-likeness (QED) is 0.756. The monoisotopic (exact) mass is 226 g/mol. The molecule has 2 rings (SSSR count). The molecule has 0 atom stereocenters. The summed E-state index contributed by atoms with van der Waals surface area (Å²) in [5.41, 5.74) is 3.91. The maximum absolute atomic E-state index is 9.14. The predicted molar refractivity (Wildman–Crippen MR) is 68.2 cm³/mol. The molecule has 0 saturated carbocycles. The van der Waals surface area contributed by atoms with Crippen molar-refractivity contribution < 1.29 is 5.11 Å². The van der Waals surface area contributed by atoms with Crippen LogP contribution >= 0.6 is 0 Å². The topological polar surface area (TPSA) is 45.0 Å².